The van der Waals surface area contributed by atoms with Crippen LogP contribution in [-0.2, 0) is 16.0 Å². The molecule has 2 rings (SSSR count). The molecule has 1 heterocycles. The van der Waals surface area contributed by atoms with Gasteiger partial charge in [-0.05, 0) is 38.2 Å². The number of hydrogen-bond donors (Lipinski definition) is 0. The number of carbonyl (C=O) groups is 1. The Balaban J connectivity index is 2.08. The molecule has 1 aliphatic heterocycles. The normalized spacial score (nSPS) is 22.2. The second kappa shape index (κ2) is 7.72. The van der Waals surface area contributed by atoms with Gasteiger partial charge in [-0.1, -0.05) is 12.1 Å². The van der Waals surface area contributed by atoms with Gasteiger partial charge in [0.1, 0.15) is 0 Å². The molecule has 0 bridgehead atoms. The van der Waals surface area contributed by atoms with Gasteiger partial charge in [-0.15, -0.1) is 0 Å². The number of esters is 1. The van der Waals surface area contributed by atoms with E-state index in [0.717, 1.165) is 31.6 Å². The predicted octanol–water partition coefficient (Wildman–Crippen LogP) is 1.62. The largest absolute Gasteiger partial charge is 0.465 e. The standard InChI is InChI=1S/C17H26N2O3/c1-18(2)11-15-9-16(21-3)12-19(15)10-13-6-5-7-14(8-13)17(20)22-4/h5-8,15-16H,9-12H2,1-4H3/t15-,16-/m0/s1. The van der Waals surface area contributed by atoms with Crippen LogP contribution in [-0.4, -0.2) is 69.3 Å². The van der Waals surface area contributed by atoms with Crippen LogP contribution >= 0.6 is 0 Å². The van der Waals surface area contributed by atoms with Gasteiger partial charge in [-0.3, -0.25) is 4.90 Å². The molecule has 0 saturated carbocycles. The van der Waals surface area contributed by atoms with Crippen LogP contribution < -0.4 is 0 Å². The molecule has 0 N–H and O–H groups in total. The zero-order chi connectivity index (χ0) is 16.1. The van der Waals surface area contributed by atoms with Crippen LogP contribution in [0.3, 0.4) is 0 Å². The average Bonchev–Trinajstić information content (AvgIpc) is 2.88. The molecule has 22 heavy (non-hydrogen) atoms. The molecule has 1 aliphatic rings. The van der Waals surface area contributed by atoms with Gasteiger partial charge in [-0.2, -0.15) is 0 Å². The van der Waals surface area contributed by atoms with Gasteiger partial charge in [-0.25, -0.2) is 4.79 Å². The van der Waals surface area contributed by atoms with E-state index in [1.165, 1.54) is 7.11 Å². The average molecular weight is 306 g/mol. The number of likely N-dealkylation sites (N-methyl/N-ethyl adjacent to an activating group) is 1. The van der Waals surface area contributed by atoms with Crippen molar-refractivity contribution in [3.8, 4) is 0 Å². The Morgan fingerprint density at radius 2 is 2.14 bits per heavy atom. The molecule has 1 fully saturated rings. The molecule has 122 valence electrons. The summed E-state index contributed by atoms with van der Waals surface area (Å²) >= 11 is 0. The summed E-state index contributed by atoms with van der Waals surface area (Å²) in [6, 6.07) is 8.14. The van der Waals surface area contributed by atoms with Crippen molar-refractivity contribution < 1.29 is 14.3 Å². The molecule has 1 aromatic rings. The third kappa shape index (κ3) is 4.29. The SMILES string of the molecule is COC(=O)c1cccc(CN2C[C@@H](OC)C[C@H]2CN(C)C)c1. The highest BCUT2D eigenvalue weighted by molar-refractivity contribution is 5.89. The minimum absolute atomic E-state index is 0.286. The van der Waals surface area contributed by atoms with E-state index in [1.807, 2.05) is 12.1 Å². The third-order valence-electron chi connectivity index (χ3n) is 4.13. The summed E-state index contributed by atoms with van der Waals surface area (Å²) in [6.45, 7) is 2.76. The van der Waals surface area contributed by atoms with Crippen LogP contribution in [0.15, 0.2) is 24.3 Å². The van der Waals surface area contributed by atoms with Gasteiger partial charge in [0.05, 0.1) is 18.8 Å². The summed E-state index contributed by atoms with van der Waals surface area (Å²) in [7, 11) is 7.37. The van der Waals surface area contributed by atoms with E-state index in [9.17, 15) is 4.79 Å². The second-order valence-corrected chi connectivity index (χ2v) is 6.13. The number of ether oxygens (including phenoxy) is 2. The number of nitrogens with zero attached hydrogens (tertiary/aromatic N) is 2. The highest BCUT2D eigenvalue weighted by Gasteiger charge is 2.32. The maximum Gasteiger partial charge on any atom is 0.337 e. The van der Waals surface area contributed by atoms with Crippen molar-refractivity contribution in [2.45, 2.75) is 25.1 Å². The summed E-state index contributed by atoms with van der Waals surface area (Å²) in [6.07, 6.45) is 1.33. The van der Waals surface area contributed by atoms with Crippen LogP contribution in [0.2, 0.25) is 0 Å². The molecule has 0 aromatic heterocycles. The Hall–Kier alpha value is -1.43. The lowest BCUT2D eigenvalue weighted by atomic mass is 10.1. The Bertz CT molecular complexity index is 504. The Morgan fingerprint density at radius 1 is 1.36 bits per heavy atom. The quantitative estimate of drug-likeness (QED) is 0.747. The fourth-order valence-electron chi connectivity index (χ4n) is 3.06. The lowest BCUT2D eigenvalue weighted by Gasteiger charge is -2.26. The molecule has 0 aliphatic carbocycles. The highest BCUT2D eigenvalue weighted by atomic mass is 16.5. The molecule has 1 aromatic carbocycles. The Kier molecular flexibility index (Phi) is 5.94. The molecule has 5 nitrogen and oxygen atoms in total. The molecule has 0 unspecified atom stereocenters. The lowest BCUT2D eigenvalue weighted by molar-refractivity contribution is 0.0600. The van der Waals surface area contributed by atoms with Crippen molar-refractivity contribution in [3.63, 3.8) is 0 Å². The predicted molar refractivity (Wildman–Crippen MR) is 85.9 cm³/mol. The van der Waals surface area contributed by atoms with Gasteiger partial charge < -0.3 is 14.4 Å². The van der Waals surface area contributed by atoms with Crippen LogP contribution in [0.25, 0.3) is 0 Å². The van der Waals surface area contributed by atoms with Crippen molar-refractivity contribution in [2.24, 2.45) is 0 Å². The fourth-order valence-corrected chi connectivity index (χ4v) is 3.06. The summed E-state index contributed by atoms with van der Waals surface area (Å²) in [5.74, 6) is -0.289. The number of rotatable bonds is 6. The maximum atomic E-state index is 11.6. The van der Waals surface area contributed by atoms with Crippen LogP contribution in [0.4, 0.5) is 0 Å². The number of benzene rings is 1. The Labute approximate surface area is 132 Å². The first kappa shape index (κ1) is 16.9. The zero-order valence-electron chi connectivity index (χ0n) is 13.9. The molecule has 1 saturated heterocycles. The topological polar surface area (TPSA) is 42.0 Å². The van der Waals surface area contributed by atoms with Crippen LogP contribution in [0.1, 0.15) is 22.3 Å². The van der Waals surface area contributed by atoms with E-state index in [0.29, 0.717) is 11.6 Å². The molecule has 5 heteroatoms. The summed E-state index contributed by atoms with van der Waals surface area (Å²) in [4.78, 5) is 16.3. The van der Waals surface area contributed by atoms with Gasteiger partial charge in [0.15, 0.2) is 0 Å². The van der Waals surface area contributed by atoms with Gasteiger partial charge >= 0.3 is 5.97 Å². The van der Waals surface area contributed by atoms with Crippen LogP contribution in [0, 0.1) is 0 Å². The number of likely N-dealkylation sites (tertiary alicyclic amines) is 1. The second-order valence-electron chi connectivity index (χ2n) is 6.13. The molecule has 2 atom stereocenters. The van der Waals surface area contributed by atoms with E-state index in [4.69, 9.17) is 9.47 Å². The van der Waals surface area contributed by atoms with Crippen molar-refractivity contribution in [1.29, 1.82) is 0 Å². The minimum Gasteiger partial charge on any atom is -0.465 e. The van der Waals surface area contributed by atoms with Gasteiger partial charge in [0.2, 0.25) is 0 Å². The van der Waals surface area contributed by atoms with Crippen molar-refractivity contribution in [3.05, 3.63) is 35.4 Å². The van der Waals surface area contributed by atoms with E-state index in [-0.39, 0.29) is 12.1 Å². The fraction of sp³-hybridized carbons (Fsp3) is 0.588. The van der Waals surface area contributed by atoms with Crippen molar-refractivity contribution in [1.82, 2.24) is 9.80 Å². The molecule has 0 spiro atoms. The zero-order valence-corrected chi connectivity index (χ0v) is 13.9. The summed E-state index contributed by atoms with van der Waals surface area (Å²) < 4.78 is 10.3. The third-order valence-corrected chi connectivity index (χ3v) is 4.13. The van der Waals surface area contributed by atoms with Crippen molar-refractivity contribution >= 4 is 5.97 Å². The van der Waals surface area contributed by atoms with Crippen LogP contribution in [0.5, 0.6) is 0 Å². The summed E-state index contributed by atoms with van der Waals surface area (Å²) in [5.41, 5.74) is 1.73. The maximum absolute atomic E-state index is 11.6. The monoisotopic (exact) mass is 306 g/mol. The van der Waals surface area contributed by atoms with E-state index >= 15 is 0 Å². The first-order chi connectivity index (χ1) is 10.5. The molecular weight excluding hydrogens is 280 g/mol. The molecule has 0 radical (unpaired) electrons. The van der Waals surface area contributed by atoms with Gasteiger partial charge in [0.25, 0.3) is 0 Å². The lowest BCUT2D eigenvalue weighted by Crippen LogP contribution is -2.37. The molecular formula is C17H26N2O3. The van der Waals surface area contributed by atoms with E-state index < -0.39 is 0 Å². The first-order valence-electron chi connectivity index (χ1n) is 7.62. The van der Waals surface area contributed by atoms with E-state index in [2.05, 4.69) is 30.0 Å². The minimum atomic E-state index is -0.289. The number of methoxy groups -OCH3 is 2. The highest BCUT2D eigenvalue weighted by Crippen LogP contribution is 2.23. The Morgan fingerprint density at radius 3 is 2.77 bits per heavy atom. The number of carbonyl (C=O) groups excluding carboxylic acids is 1. The molecule has 0 amide bonds. The smallest absolute Gasteiger partial charge is 0.337 e. The summed E-state index contributed by atoms with van der Waals surface area (Å²) in [5, 5.41) is 0. The van der Waals surface area contributed by atoms with Crippen molar-refractivity contribution in [2.75, 3.05) is 41.4 Å². The first-order valence-corrected chi connectivity index (χ1v) is 7.62. The van der Waals surface area contributed by atoms with Gasteiger partial charge in [0, 0.05) is 32.8 Å². The number of hydrogen-bond acceptors (Lipinski definition) is 5. The van der Waals surface area contributed by atoms with E-state index in [1.54, 1.807) is 13.2 Å².